The molecule has 0 aliphatic carbocycles. The molecule has 2 aromatic heterocycles. The number of nitrogens with zero attached hydrogens (tertiary/aromatic N) is 4. The molecule has 0 aromatic carbocycles. The van der Waals surface area contributed by atoms with Crippen molar-refractivity contribution in [3.8, 4) is 0 Å². The Morgan fingerprint density at radius 2 is 2.11 bits per heavy atom. The van der Waals surface area contributed by atoms with Crippen molar-refractivity contribution < 1.29 is 9.90 Å². The standard InChI is InChI=1S/C11H11BrN4O2/c1-2-9-8(11(17)18)5-16(15-9)6-10-13-3-7(12)4-14-10/h3-5H,2,6H2,1H3,(H,17,18). The van der Waals surface area contributed by atoms with Crippen LogP contribution >= 0.6 is 15.9 Å². The van der Waals surface area contributed by atoms with Crippen LogP contribution in [-0.4, -0.2) is 30.8 Å². The van der Waals surface area contributed by atoms with Gasteiger partial charge in [-0.15, -0.1) is 0 Å². The van der Waals surface area contributed by atoms with Crippen molar-refractivity contribution in [2.24, 2.45) is 0 Å². The van der Waals surface area contributed by atoms with Crippen molar-refractivity contribution >= 4 is 21.9 Å². The Balaban J connectivity index is 2.24. The van der Waals surface area contributed by atoms with Gasteiger partial charge in [0.05, 0.1) is 10.2 Å². The summed E-state index contributed by atoms with van der Waals surface area (Å²) in [5, 5.41) is 13.2. The van der Waals surface area contributed by atoms with Crippen LogP contribution in [0.2, 0.25) is 0 Å². The zero-order valence-corrected chi connectivity index (χ0v) is 11.3. The third-order valence-corrected chi connectivity index (χ3v) is 2.79. The maximum atomic E-state index is 11.0. The average molecular weight is 311 g/mol. The summed E-state index contributed by atoms with van der Waals surface area (Å²) >= 11 is 3.25. The van der Waals surface area contributed by atoms with Crippen LogP contribution in [0.3, 0.4) is 0 Å². The first-order valence-electron chi connectivity index (χ1n) is 5.36. The Kier molecular flexibility index (Phi) is 3.71. The van der Waals surface area contributed by atoms with E-state index in [1.54, 1.807) is 17.1 Å². The monoisotopic (exact) mass is 310 g/mol. The van der Waals surface area contributed by atoms with E-state index in [9.17, 15) is 4.79 Å². The molecule has 7 heteroatoms. The number of aromatic nitrogens is 4. The molecule has 2 rings (SSSR count). The lowest BCUT2D eigenvalue weighted by molar-refractivity contribution is 0.0695. The van der Waals surface area contributed by atoms with Gasteiger partial charge in [0.15, 0.2) is 0 Å². The highest BCUT2D eigenvalue weighted by Gasteiger charge is 2.14. The highest BCUT2D eigenvalue weighted by Crippen LogP contribution is 2.10. The van der Waals surface area contributed by atoms with E-state index in [0.717, 1.165) is 4.47 Å². The minimum atomic E-state index is -0.963. The minimum absolute atomic E-state index is 0.231. The second-order valence-corrected chi connectivity index (χ2v) is 4.58. The Morgan fingerprint density at radius 3 is 2.61 bits per heavy atom. The van der Waals surface area contributed by atoms with Gasteiger partial charge in [0, 0.05) is 18.6 Å². The summed E-state index contributed by atoms with van der Waals surface area (Å²) < 4.78 is 2.35. The largest absolute Gasteiger partial charge is 0.478 e. The predicted molar refractivity (Wildman–Crippen MR) is 67.4 cm³/mol. The molecular formula is C11H11BrN4O2. The number of aryl methyl sites for hydroxylation is 1. The highest BCUT2D eigenvalue weighted by atomic mass is 79.9. The number of rotatable bonds is 4. The van der Waals surface area contributed by atoms with Crippen molar-refractivity contribution in [1.82, 2.24) is 19.7 Å². The van der Waals surface area contributed by atoms with Crippen molar-refractivity contribution in [3.05, 3.63) is 40.1 Å². The van der Waals surface area contributed by atoms with Crippen molar-refractivity contribution in [3.63, 3.8) is 0 Å². The summed E-state index contributed by atoms with van der Waals surface area (Å²) in [6.45, 7) is 2.23. The maximum Gasteiger partial charge on any atom is 0.339 e. The molecule has 2 heterocycles. The van der Waals surface area contributed by atoms with Gasteiger partial charge in [-0.1, -0.05) is 6.92 Å². The minimum Gasteiger partial charge on any atom is -0.478 e. The summed E-state index contributed by atoms with van der Waals surface area (Å²) in [5.74, 6) is -0.380. The molecule has 2 aromatic rings. The molecule has 0 spiro atoms. The van der Waals surface area contributed by atoms with Gasteiger partial charge in [-0.3, -0.25) is 4.68 Å². The first-order valence-corrected chi connectivity index (χ1v) is 6.15. The highest BCUT2D eigenvalue weighted by molar-refractivity contribution is 9.10. The Bertz CT molecular complexity index is 565. The van der Waals surface area contributed by atoms with Gasteiger partial charge in [0.1, 0.15) is 17.9 Å². The number of carboxylic acid groups (broad SMARTS) is 1. The number of carboxylic acids is 1. The molecule has 0 saturated carbocycles. The van der Waals surface area contributed by atoms with Gasteiger partial charge >= 0.3 is 5.97 Å². The summed E-state index contributed by atoms with van der Waals surface area (Å²) in [7, 11) is 0. The molecule has 0 bridgehead atoms. The molecule has 0 fully saturated rings. The summed E-state index contributed by atoms with van der Waals surface area (Å²) in [6.07, 6.45) is 5.37. The van der Waals surface area contributed by atoms with E-state index in [-0.39, 0.29) is 5.56 Å². The van der Waals surface area contributed by atoms with Crippen LogP contribution in [0.1, 0.15) is 28.8 Å². The fraction of sp³-hybridized carbons (Fsp3) is 0.273. The first kappa shape index (κ1) is 12.7. The molecular weight excluding hydrogens is 300 g/mol. The molecule has 94 valence electrons. The molecule has 0 aliphatic rings. The third-order valence-electron chi connectivity index (χ3n) is 2.38. The van der Waals surface area contributed by atoms with Crippen LogP contribution in [0.5, 0.6) is 0 Å². The number of hydrogen-bond donors (Lipinski definition) is 1. The number of hydrogen-bond acceptors (Lipinski definition) is 4. The fourth-order valence-corrected chi connectivity index (χ4v) is 1.75. The lowest BCUT2D eigenvalue weighted by Crippen LogP contribution is -2.04. The summed E-state index contributed by atoms with van der Waals surface area (Å²) in [6, 6.07) is 0. The molecule has 18 heavy (non-hydrogen) atoms. The second-order valence-electron chi connectivity index (χ2n) is 3.66. The Labute approximate surface area is 112 Å². The Hall–Kier alpha value is -1.76. The normalized spacial score (nSPS) is 10.6. The number of halogens is 1. The van der Waals surface area contributed by atoms with Crippen LogP contribution < -0.4 is 0 Å². The summed E-state index contributed by atoms with van der Waals surface area (Å²) in [4.78, 5) is 19.2. The van der Waals surface area contributed by atoms with Crippen molar-refractivity contribution in [2.45, 2.75) is 19.9 Å². The van der Waals surface area contributed by atoms with Gasteiger partial charge in [0.25, 0.3) is 0 Å². The lowest BCUT2D eigenvalue weighted by Gasteiger charge is -1.99. The predicted octanol–water partition coefficient (Wildman–Crippen LogP) is 1.74. The van der Waals surface area contributed by atoms with Gasteiger partial charge in [0.2, 0.25) is 0 Å². The topological polar surface area (TPSA) is 80.9 Å². The van der Waals surface area contributed by atoms with Gasteiger partial charge in [-0.25, -0.2) is 14.8 Å². The maximum absolute atomic E-state index is 11.0. The van der Waals surface area contributed by atoms with Gasteiger partial charge in [-0.2, -0.15) is 5.10 Å². The SMILES string of the molecule is CCc1nn(Cc2ncc(Br)cn2)cc1C(=O)O. The van der Waals surface area contributed by atoms with E-state index < -0.39 is 5.97 Å². The van der Waals surface area contributed by atoms with Crippen molar-refractivity contribution in [2.75, 3.05) is 0 Å². The molecule has 6 nitrogen and oxygen atoms in total. The van der Waals surface area contributed by atoms with E-state index in [4.69, 9.17) is 5.11 Å². The lowest BCUT2D eigenvalue weighted by atomic mass is 10.2. The van der Waals surface area contributed by atoms with Gasteiger partial charge < -0.3 is 5.11 Å². The van der Waals surface area contributed by atoms with Crippen molar-refractivity contribution in [1.29, 1.82) is 0 Å². The van der Waals surface area contributed by atoms with Gasteiger partial charge in [-0.05, 0) is 22.4 Å². The second kappa shape index (κ2) is 5.26. The molecule has 0 unspecified atom stereocenters. The molecule has 0 amide bonds. The molecule has 0 radical (unpaired) electrons. The van der Waals surface area contributed by atoms with E-state index >= 15 is 0 Å². The Morgan fingerprint density at radius 1 is 1.44 bits per heavy atom. The van der Waals surface area contributed by atoms with Crippen LogP contribution in [0.25, 0.3) is 0 Å². The number of aromatic carboxylic acids is 1. The summed E-state index contributed by atoms with van der Waals surface area (Å²) in [5.41, 5.74) is 0.800. The zero-order valence-electron chi connectivity index (χ0n) is 9.67. The van der Waals surface area contributed by atoms with E-state index in [2.05, 4.69) is 31.0 Å². The van der Waals surface area contributed by atoms with E-state index in [1.165, 1.54) is 6.20 Å². The third kappa shape index (κ3) is 2.73. The van der Waals surface area contributed by atoms with Crippen LogP contribution in [0, 0.1) is 0 Å². The van der Waals surface area contributed by atoms with E-state index in [1.807, 2.05) is 6.92 Å². The molecule has 0 saturated heterocycles. The van der Waals surface area contributed by atoms with Crippen LogP contribution in [0.4, 0.5) is 0 Å². The van der Waals surface area contributed by atoms with Crippen LogP contribution in [0.15, 0.2) is 23.1 Å². The zero-order chi connectivity index (χ0) is 13.1. The quantitative estimate of drug-likeness (QED) is 0.930. The number of carbonyl (C=O) groups is 1. The molecule has 0 aliphatic heterocycles. The molecule has 0 atom stereocenters. The van der Waals surface area contributed by atoms with E-state index in [0.29, 0.717) is 24.5 Å². The fourth-order valence-electron chi connectivity index (χ4n) is 1.55. The smallest absolute Gasteiger partial charge is 0.339 e. The average Bonchev–Trinajstić information content (AvgIpc) is 2.75. The van der Waals surface area contributed by atoms with Crippen LogP contribution in [-0.2, 0) is 13.0 Å². The molecule has 1 N–H and O–H groups in total. The first-order chi connectivity index (χ1) is 8.60.